The fraction of sp³-hybridized carbons (Fsp3) is 0.188. The Balaban J connectivity index is 2.26. The third kappa shape index (κ3) is 3.13. The highest BCUT2D eigenvalue weighted by molar-refractivity contribution is 5.97. The predicted molar refractivity (Wildman–Crippen MR) is 79.6 cm³/mol. The maximum absolute atomic E-state index is 13.9. The molecule has 0 saturated heterocycles. The van der Waals surface area contributed by atoms with E-state index in [4.69, 9.17) is 10.5 Å². The van der Waals surface area contributed by atoms with Crippen LogP contribution in [-0.2, 0) is 6.54 Å². The van der Waals surface area contributed by atoms with Crippen LogP contribution in [0.25, 0.3) is 0 Å². The van der Waals surface area contributed by atoms with E-state index >= 15 is 0 Å². The van der Waals surface area contributed by atoms with E-state index in [9.17, 15) is 9.18 Å². The van der Waals surface area contributed by atoms with E-state index < -0.39 is 11.7 Å². The first-order valence-corrected chi connectivity index (χ1v) is 6.46. The first-order chi connectivity index (χ1) is 10.0. The first-order valence-electron chi connectivity index (χ1n) is 6.46. The number of rotatable bonds is 4. The molecular weight excluding hydrogens is 271 g/mol. The highest BCUT2D eigenvalue weighted by Gasteiger charge is 2.21. The van der Waals surface area contributed by atoms with Gasteiger partial charge in [-0.1, -0.05) is 24.3 Å². The molecule has 0 bridgehead atoms. The van der Waals surface area contributed by atoms with Gasteiger partial charge in [-0.3, -0.25) is 4.79 Å². The van der Waals surface area contributed by atoms with E-state index in [2.05, 4.69) is 0 Å². The monoisotopic (exact) mass is 288 g/mol. The highest BCUT2D eigenvalue weighted by atomic mass is 19.1. The Morgan fingerprint density at radius 2 is 1.95 bits per heavy atom. The van der Waals surface area contributed by atoms with Crippen LogP contribution >= 0.6 is 0 Å². The van der Waals surface area contributed by atoms with Crippen LogP contribution < -0.4 is 10.5 Å². The standard InChI is InChI=1S/C16H17FN2O2/c1-19(10-11-6-3-4-8-13(11)18)16(20)15-12(17)7-5-9-14(15)21-2/h3-9H,10,18H2,1-2H3. The van der Waals surface area contributed by atoms with E-state index in [1.807, 2.05) is 18.2 Å². The molecule has 0 heterocycles. The van der Waals surface area contributed by atoms with Crippen molar-refractivity contribution in [2.24, 2.45) is 0 Å². The summed E-state index contributed by atoms with van der Waals surface area (Å²) < 4.78 is 19.0. The Bertz CT molecular complexity index is 658. The van der Waals surface area contributed by atoms with E-state index in [1.54, 1.807) is 19.2 Å². The van der Waals surface area contributed by atoms with Crippen LogP contribution in [0.15, 0.2) is 42.5 Å². The number of hydrogen-bond acceptors (Lipinski definition) is 3. The number of hydrogen-bond donors (Lipinski definition) is 1. The lowest BCUT2D eigenvalue weighted by molar-refractivity contribution is 0.0777. The van der Waals surface area contributed by atoms with Crippen LogP contribution in [0, 0.1) is 5.82 Å². The molecule has 4 nitrogen and oxygen atoms in total. The topological polar surface area (TPSA) is 55.6 Å². The van der Waals surface area contributed by atoms with Gasteiger partial charge in [-0.25, -0.2) is 4.39 Å². The second-order valence-corrected chi connectivity index (χ2v) is 4.68. The van der Waals surface area contributed by atoms with Crippen molar-refractivity contribution in [3.8, 4) is 5.75 Å². The fourth-order valence-corrected chi connectivity index (χ4v) is 2.08. The van der Waals surface area contributed by atoms with Crippen molar-refractivity contribution >= 4 is 11.6 Å². The second-order valence-electron chi connectivity index (χ2n) is 4.68. The van der Waals surface area contributed by atoms with E-state index in [0.29, 0.717) is 12.2 Å². The van der Waals surface area contributed by atoms with Crippen molar-refractivity contribution in [1.29, 1.82) is 0 Å². The number of benzene rings is 2. The number of nitrogen functional groups attached to an aromatic ring is 1. The molecule has 0 aliphatic carbocycles. The lowest BCUT2D eigenvalue weighted by Crippen LogP contribution is -2.27. The zero-order chi connectivity index (χ0) is 15.4. The minimum atomic E-state index is -0.604. The summed E-state index contributed by atoms with van der Waals surface area (Å²) in [4.78, 5) is 13.8. The largest absolute Gasteiger partial charge is 0.496 e. The minimum absolute atomic E-state index is 0.0722. The maximum Gasteiger partial charge on any atom is 0.260 e. The number of nitrogens with zero attached hydrogens (tertiary/aromatic N) is 1. The molecule has 110 valence electrons. The van der Waals surface area contributed by atoms with E-state index in [-0.39, 0.29) is 11.3 Å². The van der Waals surface area contributed by atoms with Gasteiger partial charge in [-0.2, -0.15) is 0 Å². The molecule has 0 aliphatic rings. The molecule has 5 heteroatoms. The van der Waals surface area contributed by atoms with Crippen molar-refractivity contribution in [3.05, 3.63) is 59.4 Å². The summed E-state index contributed by atoms with van der Waals surface area (Å²) >= 11 is 0. The van der Waals surface area contributed by atoms with Crippen molar-refractivity contribution in [2.45, 2.75) is 6.54 Å². The molecule has 21 heavy (non-hydrogen) atoms. The lowest BCUT2D eigenvalue weighted by atomic mass is 10.1. The number of para-hydroxylation sites is 1. The summed E-state index contributed by atoms with van der Waals surface area (Å²) in [6.45, 7) is 0.295. The predicted octanol–water partition coefficient (Wildman–Crippen LogP) is 2.69. The average molecular weight is 288 g/mol. The molecule has 0 aromatic heterocycles. The van der Waals surface area contributed by atoms with Crippen LogP contribution in [0.1, 0.15) is 15.9 Å². The van der Waals surface area contributed by atoms with Crippen molar-refractivity contribution in [2.75, 3.05) is 19.9 Å². The number of nitrogens with two attached hydrogens (primary N) is 1. The smallest absolute Gasteiger partial charge is 0.260 e. The highest BCUT2D eigenvalue weighted by Crippen LogP contribution is 2.23. The SMILES string of the molecule is COc1cccc(F)c1C(=O)N(C)Cc1ccccc1N. The summed E-state index contributed by atoms with van der Waals surface area (Å²) in [5, 5.41) is 0. The minimum Gasteiger partial charge on any atom is -0.496 e. The third-order valence-electron chi connectivity index (χ3n) is 3.22. The van der Waals surface area contributed by atoms with Crippen LogP contribution in [0.3, 0.4) is 0 Å². The van der Waals surface area contributed by atoms with Gasteiger partial charge in [0.25, 0.3) is 5.91 Å². The maximum atomic E-state index is 13.9. The van der Waals surface area contributed by atoms with Gasteiger partial charge in [0.1, 0.15) is 17.1 Å². The van der Waals surface area contributed by atoms with Crippen LogP contribution in [-0.4, -0.2) is 25.0 Å². The summed E-state index contributed by atoms with van der Waals surface area (Å²) in [6, 6.07) is 11.5. The molecule has 0 atom stereocenters. The van der Waals surface area contributed by atoms with E-state index in [1.165, 1.54) is 24.1 Å². The van der Waals surface area contributed by atoms with Crippen molar-refractivity contribution in [3.63, 3.8) is 0 Å². The number of anilines is 1. The second kappa shape index (κ2) is 6.26. The molecule has 0 aliphatic heterocycles. The zero-order valence-corrected chi connectivity index (χ0v) is 12.0. The van der Waals surface area contributed by atoms with Gasteiger partial charge in [-0.05, 0) is 23.8 Å². The zero-order valence-electron chi connectivity index (χ0n) is 12.0. The van der Waals surface area contributed by atoms with Gasteiger partial charge >= 0.3 is 0 Å². The molecule has 2 N–H and O–H groups in total. The molecule has 0 unspecified atom stereocenters. The fourth-order valence-electron chi connectivity index (χ4n) is 2.08. The normalized spacial score (nSPS) is 10.2. The van der Waals surface area contributed by atoms with Gasteiger partial charge in [0, 0.05) is 19.3 Å². The number of methoxy groups -OCH3 is 1. The Labute approximate surface area is 122 Å². The third-order valence-corrected chi connectivity index (χ3v) is 3.22. The van der Waals surface area contributed by atoms with Crippen LogP contribution in [0.5, 0.6) is 5.75 Å². The van der Waals surface area contributed by atoms with Crippen LogP contribution in [0.2, 0.25) is 0 Å². The summed E-state index contributed by atoms with van der Waals surface area (Å²) in [7, 11) is 3.00. The summed E-state index contributed by atoms with van der Waals surface area (Å²) in [5.41, 5.74) is 7.19. The van der Waals surface area contributed by atoms with Crippen molar-refractivity contribution in [1.82, 2.24) is 4.90 Å². The lowest BCUT2D eigenvalue weighted by Gasteiger charge is -2.20. The number of halogens is 1. The molecule has 2 aromatic rings. The van der Waals surface area contributed by atoms with Crippen LogP contribution in [0.4, 0.5) is 10.1 Å². The van der Waals surface area contributed by atoms with E-state index in [0.717, 1.165) is 5.56 Å². The first kappa shape index (κ1) is 14.8. The number of ether oxygens (including phenoxy) is 1. The summed E-state index contributed by atoms with van der Waals surface area (Å²) in [6.07, 6.45) is 0. The quantitative estimate of drug-likeness (QED) is 0.880. The Morgan fingerprint density at radius 3 is 2.62 bits per heavy atom. The molecule has 2 aromatic carbocycles. The van der Waals surface area contributed by atoms with Gasteiger partial charge in [-0.15, -0.1) is 0 Å². The molecule has 1 amide bonds. The van der Waals surface area contributed by atoms with Gasteiger partial charge in [0.15, 0.2) is 0 Å². The average Bonchev–Trinajstić information content (AvgIpc) is 2.48. The number of amides is 1. The van der Waals surface area contributed by atoms with Gasteiger partial charge in [0.05, 0.1) is 7.11 Å². The summed E-state index contributed by atoms with van der Waals surface area (Å²) in [5.74, 6) is -0.840. The molecule has 0 spiro atoms. The number of carbonyl (C=O) groups excluding carboxylic acids is 1. The molecule has 0 radical (unpaired) electrons. The molecule has 0 saturated carbocycles. The molecular formula is C16H17FN2O2. The number of carbonyl (C=O) groups is 1. The molecule has 2 rings (SSSR count). The Kier molecular flexibility index (Phi) is 4.42. The van der Waals surface area contributed by atoms with Gasteiger partial charge in [0.2, 0.25) is 0 Å². The Hall–Kier alpha value is -2.56. The van der Waals surface area contributed by atoms with Crippen molar-refractivity contribution < 1.29 is 13.9 Å². The van der Waals surface area contributed by atoms with Gasteiger partial charge < -0.3 is 15.4 Å². The Morgan fingerprint density at radius 1 is 1.24 bits per heavy atom. The molecule has 0 fully saturated rings.